The smallest absolute Gasteiger partial charge is 0.316 e. The summed E-state index contributed by atoms with van der Waals surface area (Å²) in [7, 11) is 0. The SMILES string of the molecule is Cc1ccc(N2CC(C(=O)N3CCC(Oc4ncccn4)CC3)CC2=O)cc1C. The number of aromatic nitrogens is 2. The largest absolute Gasteiger partial charge is 0.460 e. The lowest BCUT2D eigenvalue weighted by Crippen LogP contribution is -2.45. The van der Waals surface area contributed by atoms with Gasteiger partial charge in [0, 0.05) is 57.0 Å². The van der Waals surface area contributed by atoms with Crippen molar-refractivity contribution in [1.82, 2.24) is 14.9 Å². The number of rotatable bonds is 4. The van der Waals surface area contributed by atoms with Gasteiger partial charge in [-0.15, -0.1) is 0 Å². The molecule has 0 saturated carbocycles. The molecule has 7 heteroatoms. The van der Waals surface area contributed by atoms with Gasteiger partial charge in [-0.05, 0) is 43.2 Å². The molecule has 2 saturated heterocycles. The predicted octanol–water partition coefficient (Wildman–Crippen LogP) is 2.52. The van der Waals surface area contributed by atoms with Crippen molar-refractivity contribution in [3.63, 3.8) is 0 Å². The summed E-state index contributed by atoms with van der Waals surface area (Å²) in [5.41, 5.74) is 3.22. The molecule has 0 radical (unpaired) electrons. The molecule has 2 aliphatic rings. The van der Waals surface area contributed by atoms with Gasteiger partial charge in [0.25, 0.3) is 0 Å². The zero-order chi connectivity index (χ0) is 20.4. The molecule has 0 N–H and O–H groups in total. The van der Waals surface area contributed by atoms with E-state index in [0.717, 1.165) is 24.1 Å². The van der Waals surface area contributed by atoms with Crippen LogP contribution in [0.1, 0.15) is 30.4 Å². The van der Waals surface area contributed by atoms with Crippen LogP contribution in [0.15, 0.2) is 36.7 Å². The van der Waals surface area contributed by atoms with Gasteiger partial charge >= 0.3 is 6.01 Å². The van der Waals surface area contributed by atoms with E-state index in [4.69, 9.17) is 4.74 Å². The van der Waals surface area contributed by atoms with Crippen LogP contribution in [0.4, 0.5) is 5.69 Å². The molecule has 4 rings (SSSR count). The first-order valence-electron chi connectivity index (χ1n) is 10.1. The standard InChI is InChI=1S/C22H26N4O3/c1-15-4-5-18(12-16(15)2)26-14-17(13-20(26)27)21(28)25-10-6-19(7-11-25)29-22-23-8-3-9-24-22/h3-5,8-9,12,17,19H,6-7,10-11,13-14H2,1-2H3. The number of ether oxygens (including phenoxy) is 1. The van der Waals surface area contributed by atoms with Crippen LogP contribution in [0.2, 0.25) is 0 Å². The summed E-state index contributed by atoms with van der Waals surface area (Å²) >= 11 is 0. The van der Waals surface area contributed by atoms with Crippen LogP contribution in [-0.2, 0) is 9.59 Å². The second-order valence-corrected chi connectivity index (χ2v) is 7.85. The molecule has 0 bridgehead atoms. The van der Waals surface area contributed by atoms with Gasteiger partial charge in [0.05, 0.1) is 5.92 Å². The number of piperidine rings is 1. The number of aryl methyl sites for hydroxylation is 2. The lowest BCUT2D eigenvalue weighted by atomic mass is 10.0. The van der Waals surface area contributed by atoms with E-state index >= 15 is 0 Å². The maximum Gasteiger partial charge on any atom is 0.316 e. The van der Waals surface area contributed by atoms with Gasteiger partial charge in [-0.3, -0.25) is 9.59 Å². The molecule has 0 spiro atoms. The fraction of sp³-hybridized carbons (Fsp3) is 0.455. The highest BCUT2D eigenvalue weighted by Crippen LogP contribution is 2.28. The van der Waals surface area contributed by atoms with E-state index in [1.54, 1.807) is 23.4 Å². The van der Waals surface area contributed by atoms with Gasteiger partial charge in [-0.25, -0.2) is 9.97 Å². The lowest BCUT2D eigenvalue weighted by Gasteiger charge is -2.33. The number of likely N-dealkylation sites (tertiary alicyclic amines) is 1. The van der Waals surface area contributed by atoms with Crippen LogP contribution in [-0.4, -0.2) is 52.4 Å². The van der Waals surface area contributed by atoms with Crippen LogP contribution < -0.4 is 9.64 Å². The molecular formula is C22H26N4O3. The maximum atomic E-state index is 13.0. The van der Waals surface area contributed by atoms with Gasteiger partial charge in [-0.2, -0.15) is 0 Å². The van der Waals surface area contributed by atoms with Crippen molar-refractivity contribution in [3.05, 3.63) is 47.8 Å². The fourth-order valence-electron chi connectivity index (χ4n) is 3.96. The molecule has 1 aromatic carbocycles. The highest BCUT2D eigenvalue weighted by molar-refractivity contribution is 6.00. The minimum absolute atomic E-state index is 0.0127. The van der Waals surface area contributed by atoms with Crippen molar-refractivity contribution < 1.29 is 14.3 Å². The molecule has 29 heavy (non-hydrogen) atoms. The number of hydrogen-bond donors (Lipinski definition) is 0. The molecule has 1 unspecified atom stereocenters. The first-order valence-corrected chi connectivity index (χ1v) is 10.1. The minimum atomic E-state index is -0.279. The molecule has 0 aliphatic carbocycles. The Kier molecular flexibility index (Phi) is 5.47. The van der Waals surface area contributed by atoms with Crippen molar-refractivity contribution in [2.24, 2.45) is 5.92 Å². The third kappa shape index (κ3) is 4.23. The molecule has 1 atom stereocenters. The third-order valence-corrected chi connectivity index (χ3v) is 5.84. The molecule has 2 amide bonds. The van der Waals surface area contributed by atoms with Crippen LogP contribution in [0.25, 0.3) is 0 Å². The Morgan fingerprint density at radius 2 is 1.83 bits per heavy atom. The Labute approximate surface area is 170 Å². The second-order valence-electron chi connectivity index (χ2n) is 7.85. The second kappa shape index (κ2) is 8.19. The Balaban J connectivity index is 1.33. The van der Waals surface area contributed by atoms with E-state index in [1.807, 2.05) is 30.0 Å². The number of carbonyl (C=O) groups excluding carboxylic acids is 2. The van der Waals surface area contributed by atoms with Crippen molar-refractivity contribution in [2.75, 3.05) is 24.5 Å². The van der Waals surface area contributed by atoms with Gasteiger partial charge in [0.1, 0.15) is 6.10 Å². The quantitative estimate of drug-likeness (QED) is 0.797. The summed E-state index contributed by atoms with van der Waals surface area (Å²) in [4.78, 5) is 37.3. The number of nitrogens with zero attached hydrogens (tertiary/aromatic N) is 4. The number of hydrogen-bond acceptors (Lipinski definition) is 5. The van der Waals surface area contributed by atoms with Crippen LogP contribution in [0.5, 0.6) is 6.01 Å². The molecular weight excluding hydrogens is 368 g/mol. The Hall–Kier alpha value is -2.96. The van der Waals surface area contributed by atoms with Crippen LogP contribution in [0, 0.1) is 19.8 Å². The van der Waals surface area contributed by atoms with Crippen LogP contribution in [0.3, 0.4) is 0 Å². The number of anilines is 1. The highest BCUT2D eigenvalue weighted by Gasteiger charge is 2.38. The monoisotopic (exact) mass is 394 g/mol. The summed E-state index contributed by atoms with van der Waals surface area (Å²) < 4.78 is 5.80. The van der Waals surface area contributed by atoms with E-state index in [-0.39, 0.29) is 30.3 Å². The van der Waals surface area contributed by atoms with Crippen molar-refractivity contribution in [2.45, 2.75) is 39.2 Å². The molecule has 152 valence electrons. The van der Waals surface area contributed by atoms with Crippen molar-refractivity contribution in [3.8, 4) is 6.01 Å². The first-order chi connectivity index (χ1) is 14.0. The van der Waals surface area contributed by atoms with Gasteiger partial charge in [-0.1, -0.05) is 6.07 Å². The van der Waals surface area contributed by atoms with E-state index < -0.39 is 0 Å². The molecule has 2 aliphatic heterocycles. The molecule has 2 fully saturated rings. The van der Waals surface area contributed by atoms with Gasteiger partial charge < -0.3 is 14.5 Å². The average molecular weight is 394 g/mol. The predicted molar refractivity (Wildman–Crippen MR) is 109 cm³/mol. The highest BCUT2D eigenvalue weighted by atomic mass is 16.5. The normalized spacial score (nSPS) is 20.2. The van der Waals surface area contributed by atoms with E-state index in [0.29, 0.717) is 25.6 Å². The van der Waals surface area contributed by atoms with Crippen molar-refractivity contribution >= 4 is 17.5 Å². The summed E-state index contributed by atoms with van der Waals surface area (Å²) in [6, 6.07) is 8.13. The fourth-order valence-corrected chi connectivity index (χ4v) is 3.96. The van der Waals surface area contributed by atoms with E-state index in [2.05, 4.69) is 16.9 Å². The Bertz CT molecular complexity index is 894. The summed E-state index contributed by atoms with van der Waals surface area (Å²) in [5, 5.41) is 0. The number of carbonyl (C=O) groups is 2. The third-order valence-electron chi connectivity index (χ3n) is 5.84. The minimum Gasteiger partial charge on any atom is -0.460 e. The summed E-state index contributed by atoms with van der Waals surface area (Å²) in [5.74, 6) is -0.191. The van der Waals surface area contributed by atoms with Crippen molar-refractivity contribution in [1.29, 1.82) is 0 Å². The number of benzene rings is 1. The van der Waals surface area contributed by atoms with Gasteiger partial charge in [0.2, 0.25) is 11.8 Å². The summed E-state index contributed by atoms with van der Waals surface area (Å²) in [6.07, 6.45) is 5.08. The van der Waals surface area contributed by atoms with Crippen LogP contribution >= 0.6 is 0 Å². The van der Waals surface area contributed by atoms with E-state index in [1.165, 1.54) is 5.56 Å². The first kappa shape index (κ1) is 19.4. The van der Waals surface area contributed by atoms with Gasteiger partial charge in [0.15, 0.2) is 0 Å². The Morgan fingerprint density at radius 1 is 1.10 bits per heavy atom. The number of amides is 2. The molecule has 7 nitrogen and oxygen atoms in total. The lowest BCUT2D eigenvalue weighted by molar-refractivity contribution is -0.137. The molecule has 2 aromatic rings. The summed E-state index contributed by atoms with van der Waals surface area (Å²) in [6.45, 7) is 5.80. The molecule has 3 heterocycles. The maximum absolute atomic E-state index is 13.0. The molecule has 1 aromatic heterocycles. The van der Waals surface area contributed by atoms with E-state index in [9.17, 15) is 9.59 Å². The zero-order valence-electron chi connectivity index (χ0n) is 16.9. The Morgan fingerprint density at radius 3 is 2.52 bits per heavy atom. The average Bonchev–Trinajstić information content (AvgIpc) is 3.12. The zero-order valence-corrected chi connectivity index (χ0v) is 16.9. The topological polar surface area (TPSA) is 75.6 Å².